The van der Waals surface area contributed by atoms with Gasteiger partial charge in [0.15, 0.2) is 11.5 Å². The molecule has 0 atom stereocenters. The molecule has 5 rings (SSSR count). The van der Waals surface area contributed by atoms with E-state index in [0.717, 1.165) is 5.56 Å². The SMILES string of the molecule is Cc1ccc(CC(=O)C2(c3ccc4c(c3)OC(F)(F)O4)CC2)nc1-c1cnc(=O)[nH]c1. The first kappa shape index (κ1) is 19.3. The van der Waals surface area contributed by atoms with Crippen LogP contribution in [0.1, 0.15) is 29.7 Å². The molecule has 31 heavy (non-hydrogen) atoms. The molecule has 1 aliphatic heterocycles. The molecule has 0 amide bonds. The number of halogens is 2. The van der Waals surface area contributed by atoms with Gasteiger partial charge in [-0.15, -0.1) is 8.78 Å². The van der Waals surface area contributed by atoms with Crippen LogP contribution >= 0.6 is 0 Å². The molecule has 1 aromatic carbocycles. The number of ketones is 1. The standard InChI is InChI=1S/C22H17F2N3O4/c1-12-2-4-15(27-19(12)13-10-25-20(29)26-11-13)9-18(28)21(6-7-21)14-3-5-16-17(8-14)31-22(23,24)30-16/h2-5,8,10-11H,6-7,9H2,1H3,(H,25,26,29). The smallest absolute Gasteiger partial charge is 0.395 e. The van der Waals surface area contributed by atoms with E-state index in [1.54, 1.807) is 12.1 Å². The zero-order chi connectivity index (χ0) is 21.8. The number of pyridine rings is 1. The third kappa shape index (κ3) is 3.45. The Morgan fingerprint density at radius 3 is 2.65 bits per heavy atom. The van der Waals surface area contributed by atoms with E-state index in [4.69, 9.17) is 0 Å². The molecule has 1 aliphatic carbocycles. The van der Waals surface area contributed by atoms with E-state index >= 15 is 0 Å². The zero-order valence-electron chi connectivity index (χ0n) is 16.4. The number of aryl methyl sites for hydroxylation is 1. The summed E-state index contributed by atoms with van der Waals surface area (Å²) in [5.41, 5.74) is 2.18. The van der Waals surface area contributed by atoms with Crippen molar-refractivity contribution in [3.63, 3.8) is 0 Å². The second kappa shape index (κ2) is 6.69. The van der Waals surface area contributed by atoms with Gasteiger partial charge >= 0.3 is 12.0 Å². The molecular formula is C22H17F2N3O4. The third-order valence-electron chi connectivity index (χ3n) is 5.68. The summed E-state index contributed by atoms with van der Waals surface area (Å²) in [6.07, 6.45) is 0.621. The number of alkyl halides is 2. The van der Waals surface area contributed by atoms with Crippen LogP contribution in [0.5, 0.6) is 11.5 Å². The lowest BCUT2D eigenvalue weighted by Gasteiger charge is -2.15. The van der Waals surface area contributed by atoms with Crippen LogP contribution in [0.4, 0.5) is 8.78 Å². The Morgan fingerprint density at radius 2 is 1.94 bits per heavy atom. The lowest BCUT2D eigenvalue weighted by Crippen LogP contribution is -2.26. The number of aromatic nitrogens is 3. The highest BCUT2D eigenvalue weighted by Gasteiger charge is 2.52. The van der Waals surface area contributed by atoms with Crippen molar-refractivity contribution in [3.8, 4) is 22.8 Å². The van der Waals surface area contributed by atoms with Crippen LogP contribution in [0, 0.1) is 6.92 Å². The van der Waals surface area contributed by atoms with Crippen molar-refractivity contribution in [2.24, 2.45) is 0 Å². The van der Waals surface area contributed by atoms with E-state index in [-0.39, 0.29) is 23.7 Å². The molecule has 0 radical (unpaired) electrons. The first-order valence-corrected chi connectivity index (χ1v) is 9.71. The minimum atomic E-state index is -3.69. The van der Waals surface area contributed by atoms with E-state index in [9.17, 15) is 18.4 Å². The van der Waals surface area contributed by atoms with Gasteiger partial charge in [0.1, 0.15) is 5.78 Å². The average molecular weight is 425 g/mol. The van der Waals surface area contributed by atoms with E-state index in [0.29, 0.717) is 35.4 Å². The molecule has 0 bridgehead atoms. The molecule has 1 N–H and O–H groups in total. The summed E-state index contributed by atoms with van der Waals surface area (Å²) in [6.45, 7) is 1.88. The van der Waals surface area contributed by atoms with Crippen LogP contribution in [-0.4, -0.2) is 27.0 Å². The number of nitrogens with one attached hydrogen (secondary N) is 1. The van der Waals surface area contributed by atoms with Crippen molar-refractivity contribution < 1.29 is 23.0 Å². The Hall–Kier alpha value is -3.62. The van der Waals surface area contributed by atoms with Gasteiger partial charge in [0.05, 0.1) is 11.1 Å². The first-order chi connectivity index (χ1) is 14.8. The average Bonchev–Trinajstić information content (AvgIpc) is 3.47. The maximum atomic E-state index is 13.3. The van der Waals surface area contributed by atoms with Crippen molar-refractivity contribution in [1.29, 1.82) is 0 Å². The Labute approximate surface area is 175 Å². The van der Waals surface area contributed by atoms with Crippen molar-refractivity contribution in [2.45, 2.75) is 37.9 Å². The molecule has 3 aromatic rings. The van der Waals surface area contributed by atoms with Crippen molar-refractivity contribution >= 4 is 5.78 Å². The van der Waals surface area contributed by atoms with Gasteiger partial charge in [0, 0.05) is 30.1 Å². The van der Waals surface area contributed by atoms with Gasteiger partial charge in [0.25, 0.3) is 0 Å². The number of hydrogen-bond donors (Lipinski definition) is 1. The highest BCUT2D eigenvalue weighted by atomic mass is 19.3. The molecular weight excluding hydrogens is 408 g/mol. The second-order valence-corrected chi connectivity index (χ2v) is 7.79. The molecule has 0 saturated heterocycles. The van der Waals surface area contributed by atoms with E-state index in [1.165, 1.54) is 24.5 Å². The summed E-state index contributed by atoms with van der Waals surface area (Å²) in [6, 6.07) is 8.14. The summed E-state index contributed by atoms with van der Waals surface area (Å²) in [5.74, 6) is -0.153. The highest BCUT2D eigenvalue weighted by molar-refractivity contribution is 5.94. The number of fused-ring (bicyclic) bond motifs is 1. The Bertz CT molecular complexity index is 1250. The molecule has 1 fully saturated rings. The Kier molecular flexibility index (Phi) is 4.18. The summed E-state index contributed by atoms with van der Waals surface area (Å²) >= 11 is 0. The van der Waals surface area contributed by atoms with Crippen molar-refractivity contribution in [3.05, 3.63) is 70.0 Å². The topological polar surface area (TPSA) is 94.2 Å². The number of H-pyrrole nitrogens is 1. The summed E-state index contributed by atoms with van der Waals surface area (Å²) in [4.78, 5) is 35.2. The molecule has 158 valence electrons. The summed E-state index contributed by atoms with van der Waals surface area (Å²) in [7, 11) is 0. The number of benzene rings is 1. The fourth-order valence-corrected chi connectivity index (χ4v) is 3.87. The predicted octanol–water partition coefficient (Wildman–Crippen LogP) is 3.31. The number of rotatable bonds is 5. The van der Waals surface area contributed by atoms with Crippen LogP contribution in [0.25, 0.3) is 11.3 Å². The number of nitrogens with zero attached hydrogens (tertiary/aromatic N) is 2. The molecule has 2 aromatic heterocycles. The van der Waals surface area contributed by atoms with Gasteiger partial charge in [-0.1, -0.05) is 12.1 Å². The fourth-order valence-electron chi connectivity index (χ4n) is 3.87. The van der Waals surface area contributed by atoms with Gasteiger partial charge in [-0.3, -0.25) is 9.78 Å². The molecule has 3 heterocycles. The maximum Gasteiger partial charge on any atom is 0.586 e. The number of aromatic amines is 1. The largest absolute Gasteiger partial charge is 0.586 e. The number of carbonyl (C=O) groups excluding carboxylic acids is 1. The van der Waals surface area contributed by atoms with Crippen LogP contribution in [0.15, 0.2) is 47.5 Å². The Morgan fingerprint density at radius 1 is 1.16 bits per heavy atom. The third-order valence-corrected chi connectivity index (χ3v) is 5.68. The lowest BCUT2D eigenvalue weighted by atomic mass is 9.88. The summed E-state index contributed by atoms with van der Waals surface area (Å²) in [5, 5.41) is 0. The number of ether oxygens (including phenoxy) is 2. The van der Waals surface area contributed by atoms with Crippen LogP contribution < -0.4 is 15.2 Å². The maximum absolute atomic E-state index is 13.3. The summed E-state index contributed by atoms with van der Waals surface area (Å²) < 4.78 is 35.6. The minimum Gasteiger partial charge on any atom is -0.395 e. The zero-order valence-corrected chi connectivity index (χ0v) is 16.4. The van der Waals surface area contributed by atoms with E-state index < -0.39 is 17.4 Å². The quantitative estimate of drug-likeness (QED) is 0.674. The predicted molar refractivity (Wildman–Crippen MR) is 105 cm³/mol. The Balaban J connectivity index is 1.40. The van der Waals surface area contributed by atoms with Gasteiger partial charge in [-0.25, -0.2) is 9.78 Å². The van der Waals surface area contributed by atoms with Crippen molar-refractivity contribution in [2.75, 3.05) is 0 Å². The normalized spacial score (nSPS) is 17.4. The van der Waals surface area contributed by atoms with Crippen molar-refractivity contribution in [1.82, 2.24) is 15.0 Å². The monoisotopic (exact) mass is 425 g/mol. The second-order valence-electron chi connectivity index (χ2n) is 7.79. The molecule has 7 nitrogen and oxygen atoms in total. The number of carbonyl (C=O) groups is 1. The van der Waals surface area contributed by atoms with Crippen LogP contribution in [0.2, 0.25) is 0 Å². The van der Waals surface area contributed by atoms with E-state index in [1.807, 2.05) is 13.0 Å². The van der Waals surface area contributed by atoms with Crippen LogP contribution in [-0.2, 0) is 16.6 Å². The van der Waals surface area contributed by atoms with Gasteiger partial charge in [0.2, 0.25) is 0 Å². The molecule has 1 saturated carbocycles. The first-order valence-electron chi connectivity index (χ1n) is 9.71. The molecule has 0 unspecified atom stereocenters. The number of hydrogen-bond acceptors (Lipinski definition) is 6. The lowest BCUT2D eigenvalue weighted by molar-refractivity contribution is -0.286. The minimum absolute atomic E-state index is 0.0416. The van der Waals surface area contributed by atoms with Gasteiger partial charge in [-0.05, 0) is 49.1 Å². The van der Waals surface area contributed by atoms with E-state index in [2.05, 4.69) is 24.4 Å². The highest BCUT2D eigenvalue weighted by Crippen LogP contribution is 2.52. The molecule has 9 heteroatoms. The number of Topliss-reactive ketones (excluding diaryl/α,β-unsaturated/α-hetero) is 1. The van der Waals surface area contributed by atoms with Gasteiger partial charge < -0.3 is 14.5 Å². The van der Waals surface area contributed by atoms with Gasteiger partial charge in [-0.2, -0.15) is 0 Å². The fraction of sp³-hybridized carbons (Fsp3) is 0.273. The van der Waals surface area contributed by atoms with Crippen LogP contribution in [0.3, 0.4) is 0 Å². The molecule has 0 spiro atoms. The molecule has 2 aliphatic rings.